The van der Waals surface area contributed by atoms with Crippen molar-refractivity contribution in [1.29, 1.82) is 0 Å². The average Bonchev–Trinajstić information content (AvgIpc) is 0.731. The Morgan fingerprint density at radius 1 is 0.0714 bits per heavy atom. The van der Waals surface area contributed by atoms with Crippen LogP contribution in [0.4, 0.5) is 0 Å². The molecule has 0 spiro atoms. The molecule has 0 aliphatic heterocycles. The summed E-state index contributed by atoms with van der Waals surface area (Å²) in [6, 6.07) is 148. The highest BCUT2D eigenvalue weighted by molar-refractivity contribution is 6.23. The van der Waals surface area contributed by atoms with Gasteiger partial charge in [0.15, 0.2) is 0 Å². The van der Waals surface area contributed by atoms with Crippen LogP contribution in [0.5, 0.6) is 0 Å². The summed E-state index contributed by atoms with van der Waals surface area (Å²) in [7, 11) is 0. The minimum atomic E-state index is 1.14. The van der Waals surface area contributed by atoms with E-state index in [-0.39, 0.29) is 0 Å². The molecule has 0 amide bonds. The summed E-state index contributed by atoms with van der Waals surface area (Å²) in [5, 5.41) is 4.80. The largest absolute Gasteiger partial charge is 0.0622 e. The highest BCUT2D eigenvalue weighted by Gasteiger charge is 2.32. The fraction of sp³-hybridized carbons (Fsp3) is 0. The molecule has 0 saturated carbocycles. The summed E-state index contributed by atoms with van der Waals surface area (Å²) in [6.45, 7) is 0. The molecule has 17 aromatic carbocycles. The zero-order valence-corrected chi connectivity index (χ0v) is 54.1. The van der Waals surface area contributed by atoms with E-state index in [4.69, 9.17) is 0 Å². The van der Waals surface area contributed by atoms with Gasteiger partial charge in [-0.25, -0.2) is 0 Å². The third-order valence-electron chi connectivity index (χ3n) is 19.5. The van der Waals surface area contributed by atoms with E-state index in [9.17, 15) is 0 Å². The summed E-state index contributed by atoms with van der Waals surface area (Å²) in [5.41, 5.74) is 32.9. The minimum absolute atomic E-state index is 1.14. The predicted octanol–water partition coefficient (Wildman–Crippen LogP) is 27.3. The highest BCUT2D eigenvalue weighted by Crippen LogP contribution is 2.59. The monoisotopic (exact) mass is 1240 g/mol. The van der Waals surface area contributed by atoms with E-state index >= 15 is 0 Å². The number of fused-ring (bicyclic) bond motifs is 2. The molecule has 0 atom stereocenters. The first-order chi connectivity index (χ1) is 48.7. The third kappa shape index (κ3) is 10.7. The Morgan fingerprint density at radius 3 is 0.286 bits per heavy atom. The first kappa shape index (κ1) is 59.0. The average molecular weight is 1240 g/mol. The lowest BCUT2D eigenvalue weighted by Crippen LogP contribution is -2.02. The quantitative estimate of drug-likeness (QED) is 0.0952. The summed E-state index contributed by atoms with van der Waals surface area (Å²) < 4.78 is 0. The zero-order valence-electron chi connectivity index (χ0n) is 54.1. The van der Waals surface area contributed by atoms with Gasteiger partial charge in [-0.3, -0.25) is 0 Å². The molecule has 0 nitrogen and oxygen atoms in total. The molecule has 0 heterocycles. The summed E-state index contributed by atoms with van der Waals surface area (Å²) in [5.74, 6) is 0. The molecule has 0 unspecified atom stereocenters. The zero-order chi connectivity index (χ0) is 65.1. The van der Waals surface area contributed by atoms with Crippen LogP contribution < -0.4 is 0 Å². The maximum Gasteiger partial charge on any atom is -0.00139 e. The number of rotatable bonds is 14. The van der Waals surface area contributed by atoms with Crippen LogP contribution in [-0.2, 0) is 0 Å². The van der Waals surface area contributed by atoms with Gasteiger partial charge in [0.1, 0.15) is 0 Å². The van der Waals surface area contributed by atoms with Gasteiger partial charge in [0.2, 0.25) is 0 Å². The fourth-order valence-electron chi connectivity index (χ4n) is 15.4. The van der Waals surface area contributed by atoms with E-state index in [1.54, 1.807) is 0 Å². The van der Waals surface area contributed by atoms with Crippen molar-refractivity contribution in [3.05, 3.63) is 400 Å². The van der Waals surface area contributed by atoms with Gasteiger partial charge < -0.3 is 0 Å². The lowest BCUT2D eigenvalue weighted by atomic mass is 9.74. The van der Waals surface area contributed by atoms with Crippen LogP contribution in [0.1, 0.15) is 0 Å². The summed E-state index contributed by atoms with van der Waals surface area (Å²) in [4.78, 5) is 0. The molecule has 0 saturated heterocycles. The van der Waals surface area contributed by atoms with Crippen molar-refractivity contribution in [3.8, 4) is 156 Å². The highest BCUT2D eigenvalue weighted by atomic mass is 14.3. The molecule has 17 aromatic rings. The Bertz CT molecular complexity index is 5040. The van der Waals surface area contributed by atoms with E-state index < -0.39 is 0 Å². The molecule has 98 heavy (non-hydrogen) atoms. The van der Waals surface area contributed by atoms with Crippen LogP contribution in [0.3, 0.4) is 0 Å². The van der Waals surface area contributed by atoms with Gasteiger partial charge in [-0.1, -0.05) is 400 Å². The molecule has 0 radical (unpaired) electrons. The topological polar surface area (TPSA) is 0 Å². The van der Waals surface area contributed by atoms with Crippen molar-refractivity contribution >= 4 is 21.5 Å². The van der Waals surface area contributed by atoms with Crippen molar-refractivity contribution in [3.63, 3.8) is 0 Å². The SMILES string of the molecule is c1ccc(-c2c(-c3ccccc3)c(-c3ccccc3)c(-c3ccc(-c4c5ccccc5c(-c5ccc(-c6c(-c7ccccc7)c(-c7ccccc7)c(-c7ccccc7)c(-c7ccccc7)c6-c6ccccc6)cc5)c5ccccc45)cc3)c(-c3ccccc3)c2-c2ccccc2)cc1. The molecule has 0 fully saturated rings. The number of hydrogen-bond acceptors (Lipinski definition) is 0. The predicted molar refractivity (Wildman–Crippen MR) is 418 cm³/mol. The van der Waals surface area contributed by atoms with E-state index in [2.05, 4.69) is 400 Å². The first-order valence-corrected chi connectivity index (χ1v) is 33.9. The maximum atomic E-state index is 2.39. The Kier molecular flexibility index (Phi) is 15.8. The normalized spacial score (nSPS) is 11.3. The molecular weight excluding hydrogens is 1180 g/mol. The van der Waals surface area contributed by atoms with Gasteiger partial charge in [0.25, 0.3) is 0 Å². The summed E-state index contributed by atoms with van der Waals surface area (Å²) >= 11 is 0. The van der Waals surface area contributed by atoms with E-state index in [0.717, 1.165) is 77.9 Å². The molecule has 0 N–H and O–H groups in total. The van der Waals surface area contributed by atoms with Gasteiger partial charge in [0.05, 0.1) is 0 Å². The molecule has 0 aliphatic carbocycles. The molecule has 17 rings (SSSR count). The van der Waals surface area contributed by atoms with E-state index in [1.807, 2.05) is 0 Å². The third-order valence-corrected chi connectivity index (χ3v) is 19.5. The lowest BCUT2D eigenvalue weighted by molar-refractivity contribution is 1.51. The van der Waals surface area contributed by atoms with Crippen molar-refractivity contribution in [2.45, 2.75) is 0 Å². The fourth-order valence-corrected chi connectivity index (χ4v) is 15.4. The van der Waals surface area contributed by atoms with Gasteiger partial charge in [-0.15, -0.1) is 0 Å². The Balaban J connectivity index is 0.888. The van der Waals surface area contributed by atoms with Gasteiger partial charge in [-0.2, -0.15) is 0 Å². The molecule has 0 heteroatoms. The van der Waals surface area contributed by atoms with Crippen LogP contribution in [-0.4, -0.2) is 0 Å². The molecular formula is C98H66. The van der Waals surface area contributed by atoms with Crippen LogP contribution >= 0.6 is 0 Å². The number of hydrogen-bond donors (Lipinski definition) is 0. The van der Waals surface area contributed by atoms with Crippen LogP contribution in [0, 0.1) is 0 Å². The second-order valence-corrected chi connectivity index (χ2v) is 25.2. The second kappa shape index (κ2) is 26.2. The van der Waals surface area contributed by atoms with Crippen LogP contribution in [0.25, 0.3) is 177 Å². The smallest absolute Gasteiger partial charge is 0.00139 e. The van der Waals surface area contributed by atoms with Crippen LogP contribution in [0.15, 0.2) is 400 Å². The van der Waals surface area contributed by atoms with Crippen LogP contribution in [0.2, 0.25) is 0 Å². The molecule has 0 bridgehead atoms. The number of benzene rings is 17. The standard InChI is InChI=1S/C98H66/c1-11-35-67(36-12-1)87-89(69-39-15-3-16-40-69)93(73-47-23-7-24-48-73)97(94(74-49-25-8-26-50-74)90(87)70-41-17-4-18-42-70)79-63-59-77(60-64-79)85-81-55-31-33-57-83(81)86(84-58-34-32-56-82(84)85)78-61-65-80(66-62-78)98-95(75-51-27-9-28-52-75)91(71-43-19-5-20-44-71)88(68-37-13-2-14-38-68)92(72-45-21-6-22-46-72)96(98)76-53-29-10-30-54-76/h1-66H. The molecule has 0 aromatic heterocycles. The van der Waals surface area contributed by atoms with E-state index in [1.165, 1.54) is 99.4 Å². The second-order valence-electron chi connectivity index (χ2n) is 25.2. The first-order valence-electron chi connectivity index (χ1n) is 33.9. The van der Waals surface area contributed by atoms with Crippen molar-refractivity contribution < 1.29 is 0 Å². The van der Waals surface area contributed by atoms with Crippen molar-refractivity contribution in [2.24, 2.45) is 0 Å². The Morgan fingerprint density at radius 2 is 0.163 bits per heavy atom. The minimum Gasteiger partial charge on any atom is -0.0622 e. The van der Waals surface area contributed by atoms with Gasteiger partial charge in [-0.05, 0) is 177 Å². The Labute approximate surface area is 574 Å². The van der Waals surface area contributed by atoms with E-state index in [0.29, 0.717) is 0 Å². The van der Waals surface area contributed by atoms with Crippen molar-refractivity contribution in [2.75, 3.05) is 0 Å². The van der Waals surface area contributed by atoms with Gasteiger partial charge >= 0.3 is 0 Å². The molecule has 0 aliphatic rings. The maximum absolute atomic E-state index is 2.39. The summed E-state index contributed by atoms with van der Waals surface area (Å²) in [6.07, 6.45) is 0. The van der Waals surface area contributed by atoms with Crippen molar-refractivity contribution in [1.82, 2.24) is 0 Å². The Hall–Kier alpha value is -12.7. The molecule has 458 valence electrons. The lowest BCUT2D eigenvalue weighted by Gasteiger charge is -2.29. The van der Waals surface area contributed by atoms with Gasteiger partial charge in [0, 0.05) is 0 Å².